The minimum atomic E-state index is -0.631. The van der Waals surface area contributed by atoms with Gasteiger partial charge in [0, 0.05) is 0 Å². The van der Waals surface area contributed by atoms with Crippen LogP contribution in [0.15, 0.2) is 54.6 Å². The standard InChI is InChI=1S/C19H22FNO3/c1-19(2,3)24-18(22)21(13-15-9-11-17(20)12-10-15)23-14-16-7-5-4-6-8-16/h4-12H,13-14H2,1-3H3. The quantitative estimate of drug-likeness (QED) is 0.746. The highest BCUT2D eigenvalue weighted by molar-refractivity contribution is 5.66. The molecule has 0 spiro atoms. The van der Waals surface area contributed by atoms with Gasteiger partial charge >= 0.3 is 6.09 Å². The van der Waals surface area contributed by atoms with Gasteiger partial charge in [-0.05, 0) is 44.0 Å². The van der Waals surface area contributed by atoms with E-state index >= 15 is 0 Å². The molecule has 0 saturated heterocycles. The zero-order chi connectivity index (χ0) is 17.6. The second kappa shape index (κ2) is 7.93. The van der Waals surface area contributed by atoms with Gasteiger partial charge in [-0.3, -0.25) is 4.84 Å². The first-order valence-corrected chi connectivity index (χ1v) is 7.75. The molecule has 2 aromatic rings. The SMILES string of the molecule is CC(C)(C)OC(=O)N(Cc1ccc(F)cc1)OCc1ccccc1. The van der Waals surface area contributed by atoms with Crippen molar-refractivity contribution in [3.05, 3.63) is 71.5 Å². The lowest BCUT2D eigenvalue weighted by atomic mass is 10.2. The van der Waals surface area contributed by atoms with E-state index in [4.69, 9.17) is 9.57 Å². The van der Waals surface area contributed by atoms with Gasteiger partial charge in [0.1, 0.15) is 18.0 Å². The highest BCUT2D eigenvalue weighted by Gasteiger charge is 2.23. The molecule has 1 amide bonds. The van der Waals surface area contributed by atoms with E-state index in [9.17, 15) is 9.18 Å². The van der Waals surface area contributed by atoms with Gasteiger partial charge < -0.3 is 4.74 Å². The van der Waals surface area contributed by atoms with Crippen LogP contribution in [-0.2, 0) is 22.7 Å². The lowest BCUT2D eigenvalue weighted by Crippen LogP contribution is -2.36. The largest absolute Gasteiger partial charge is 0.442 e. The molecule has 2 aromatic carbocycles. The number of rotatable bonds is 5. The number of carbonyl (C=O) groups excluding carboxylic acids is 1. The third kappa shape index (κ3) is 6.01. The molecule has 0 aliphatic carbocycles. The van der Waals surface area contributed by atoms with Crippen LogP contribution in [0, 0.1) is 5.82 Å². The Balaban J connectivity index is 2.08. The predicted molar refractivity (Wildman–Crippen MR) is 89.4 cm³/mol. The van der Waals surface area contributed by atoms with Gasteiger partial charge in [-0.15, -0.1) is 0 Å². The fraction of sp³-hybridized carbons (Fsp3) is 0.316. The third-order valence-corrected chi connectivity index (χ3v) is 3.07. The van der Waals surface area contributed by atoms with Crippen molar-refractivity contribution in [2.24, 2.45) is 0 Å². The summed E-state index contributed by atoms with van der Waals surface area (Å²) in [5, 5.41) is 1.16. The van der Waals surface area contributed by atoms with Crippen LogP contribution < -0.4 is 0 Å². The van der Waals surface area contributed by atoms with E-state index in [0.717, 1.165) is 16.2 Å². The van der Waals surface area contributed by atoms with Crippen molar-refractivity contribution in [3.63, 3.8) is 0 Å². The Kier molecular flexibility index (Phi) is 5.93. The molecule has 4 nitrogen and oxygen atoms in total. The predicted octanol–water partition coefficient (Wildman–Crippen LogP) is 4.69. The Labute approximate surface area is 141 Å². The van der Waals surface area contributed by atoms with E-state index in [1.807, 2.05) is 30.3 Å². The molecule has 0 aliphatic rings. The summed E-state index contributed by atoms with van der Waals surface area (Å²) >= 11 is 0. The number of carbonyl (C=O) groups is 1. The van der Waals surface area contributed by atoms with Gasteiger partial charge in [-0.25, -0.2) is 9.18 Å². The molecule has 0 bridgehead atoms. The van der Waals surface area contributed by atoms with Crippen molar-refractivity contribution in [1.29, 1.82) is 0 Å². The van der Waals surface area contributed by atoms with Crippen LogP contribution >= 0.6 is 0 Å². The third-order valence-electron chi connectivity index (χ3n) is 3.07. The first kappa shape index (κ1) is 17.9. The van der Waals surface area contributed by atoms with Crippen molar-refractivity contribution >= 4 is 6.09 Å². The highest BCUT2D eigenvalue weighted by atomic mass is 19.1. The molecular weight excluding hydrogens is 309 g/mol. The average Bonchev–Trinajstić information content (AvgIpc) is 2.52. The first-order valence-electron chi connectivity index (χ1n) is 7.75. The maximum atomic E-state index is 13.0. The molecule has 0 aliphatic heterocycles. The summed E-state index contributed by atoms with van der Waals surface area (Å²) in [6.45, 7) is 5.78. The second-order valence-electron chi connectivity index (χ2n) is 6.40. The minimum Gasteiger partial charge on any atom is -0.442 e. The first-order chi connectivity index (χ1) is 11.3. The van der Waals surface area contributed by atoms with Crippen molar-refractivity contribution in [3.8, 4) is 0 Å². The van der Waals surface area contributed by atoms with E-state index in [0.29, 0.717) is 0 Å². The monoisotopic (exact) mass is 331 g/mol. The lowest BCUT2D eigenvalue weighted by Gasteiger charge is -2.26. The van der Waals surface area contributed by atoms with Crippen LogP contribution in [0.4, 0.5) is 9.18 Å². The summed E-state index contributed by atoms with van der Waals surface area (Å²) in [5.41, 5.74) is 1.05. The van der Waals surface area contributed by atoms with E-state index < -0.39 is 11.7 Å². The second-order valence-corrected chi connectivity index (χ2v) is 6.40. The van der Waals surface area contributed by atoms with Gasteiger partial charge in [-0.2, -0.15) is 5.06 Å². The van der Waals surface area contributed by atoms with E-state index in [2.05, 4.69) is 0 Å². The van der Waals surface area contributed by atoms with Crippen LogP contribution in [-0.4, -0.2) is 16.8 Å². The molecule has 2 rings (SSSR count). The topological polar surface area (TPSA) is 38.8 Å². The van der Waals surface area contributed by atoms with Crippen LogP contribution in [0.5, 0.6) is 0 Å². The number of hydrogen-bond donors (Lipinski definition) is 0. The molecule has 0 unspecified atom stereocenters. The summed E-state index contributed by atoms with van der Waals surface area (Å²) < 4.78 is 18.4. The lowest BCUT2D eigenvalue weighted by molar-refractivity contribution is -0.162. The summed E-state index contributed by atoms with van der Waals surface area (Å²) in [5.74, 6) is -0.326. The van der Waals surface area contributed by atoms with Crippen molar-refractivity contribution in [2.45, 2.75) is 39.5 Å². The Hall–Kier alpha value is -2.40. The van der Waals surface area contributed by atoms with Crippen LogP contribution in [0.2, 0.25) is 0 Å². The molecule has 0 saturated carbocycles. The molecule has 128 valence electrons. The van der Waals surface area contributed by atoms with Crippen molar-refractivity contribution < 1.29 is 18.8 Å². The van der Waals surface area contributed by atoms with Gasteiger partial charge in [0.05, 0.1) is 6.54 Å². The maximum Gasteiger partial charge on any atom is 0.434 e. The molecule has 0 heterocycles. The molecule has 0 fully saturated rings. The zero-order valence-corrected chi connectivity index (χ0v) is 14.2. The van der Waals surface area contributed by atoms with Crippen LogP contribution in [0.1, 0.15) is 31.9 Å². The molecule has 0 aromatic heterocycles. The number of hydroxylamine groups is 2. The number of amides is 1. The zero-order valence-electron chi connectivity index (χ0n) is 14.2. The maximum absolute atomic E-state index is 13.0. The summed E-state index contributed by atoms with van der Waals surface area (Å²) in [6.07, 6.45) is -0.581. The smallest absolute Gasteiger partial charge is 0.434 e. The van der Waals surface area contributed by atoms with Gasteiger partial charge in [0.15, 0.2) is 0 Å². The number of ether oxygens (including phenoxy) is 1. The van der Waals surface area contributed by atoms with Gasteiger partial charge in [0.25, 0.3) is 0 Å². The number of benzene rings is 2. The van der Waals surface area contributed by atoms with Gasteiger partial charge in [0.2, 0.25) is 0 Å². The molecule has 0 radical (unpaired) electrons. The Bertz CT molecular complexity index is 651. The van der Waals surface area contributed by atoms with Crippen molar-refractivity contribution in [2.75, 3.05) is 0 Å². The average molecular weight is 331 g/mol. The Morgan fingerprint density at radius 1 is 1.00 bits per heavy atom. The Morgan fingerprint density at radius 2 is 1.62 bits per heavy atom. The van der Waals surface area contributed by atoms with Gasteiger partial charge in [-0.1, -0.05) is 42.5 Å². The van der Waals surface area contributed by atoms with Crippen LogP contribution in [0.3, 0.4) is 0 Å². The fourth-order valence-corrected chi connectivity index (χ4v) is 1.96. The van der Waals surface area contributed by atoms with E-state index in [-0.39, 0.29) is 19.0 Å². The normalized spacial score (nSPS) is 11.2. The van der Waals surface area contributed by atoms with E-state index in [1.54, 1.807) is 32.9 Å². The summed E-state index contributed by atoms with van der Waals surface area (Å²) in [6, 6.07) is 15.4. The van der Waals surface area contributed by atoms with Crippen LogP contribution in [0.25, 0.3) is 0 Å². The Morgan fingerprint density at radius 3 is 2.21 bits per heavy atom. The van der Waals surface area contributed by atoms with Crippen molar-refractivity contribution in [1.82, 2.24) is 5.06 Å². The molecule has 5 heteroatoms. The number of halogens is 1. The number of nitrogens with zero attached hydrogens (tertiary/aromatic N) is 1. The fourth-order valence-electron chi connectivity index (χ4n) is 1.96. The number of hydrogen-bond acceptors (Lipinski definition) is 3. The molecular formula is C19H22FNO3. The highest BCUT2D eigenvalue weighted by Crippen LogP contribution is 2.15. The molecule has 24 heavy (non-hydrogen) atoms. The summed E-state index contributed by atoms with van der Waals surface area (Å²) in [7, 11) is 0. The minimum absolute atomic E-state index is 0.169. The summed E-state index contributed by atoms with van der Waals surface area (Å²) in [4.78, 5) is 18.0. The van der Waals surface area contributed by atoms with E-state index in [1.165, 1.54) is 12.1 Å². The molecule has 0 atom stereocenters. The molecule has 0 N–H and O–H groups in total.